The highest BCUT2D eigenvalue weighted by Crippen LogP contribution is 2.35. The number of hydrogen-bond donors (Lipinski definition) is 0. The van der Waals surface area contributed by atoms with Crippen LogP contribution in [0.25, 0.3) is 22.8 Å². The van der Waals surface area contributed by atoms with E-state index in [1.165, 1.54) is 5.56 Å². The Morgan fingerprint density at radius 1 is 0.781 bits per heavy atom. The van der Waals surface area contributed by atoms with Gasteiger partial charge in [0.05, 0.1) is 26.9 Å². The summed E-state index contributed by atoms with van der Waals surface area (Å²) in [4.78, 5) is 4.53. The number of nitrogens with zero attached hydrogens (tertiary/aromatic N) is 2. The van der Waals surface area contributed by atoms with Crippen molar-refractivity contribution in [2.45, 2.75) is 13.5 Å². The first kappa shape index (κ1) is 21.2. The summed E-state index contributed by atoms with van der Waals surface area (Å²) in [5, 5.41) is 4.12. The molecule has 0 aliphatic carbocycles. The van der Waals surface area contributed by atoms with Crippen molar-refractivity contribution >= 4 is 0 Å². The molecule has 3 aromatic carbocycles. The number of aromatic nitrogens is 2. The average Bonchev–Trinajstić information content (AvgIpc) is 3.33. The minimum Gasteiger partial charge on any atom is -0.497 e. The molecule has 4 rings (SSSR count). The fraction of sp³-hybridized carbons (Fsp3) is 0.200. The van der Waals surface area contributed by atoms with Gasteiger partial charge < -0.3 is 23.5 Å². The fourth-order valence-corrected chi connectivity index (χ4v) is 3.20. The van der Waals surface area contributed by atoms with Gasteiger partial charge in [0, 0.05) is 11.6 Å². The van der Waals surface area contributed by atoms with Crippen LogP contribution in [0.5, 0.6) is 23.0 Å². The molecule has 7 heteroatoms. The molecule has 0 bridgehead atoms. The third-order valence-electron chi connectivity index (χ3n) is 5.00. The Balaban J connectivity index is 1.56. The summed E-state index contributed by atoms with van der Waals surface area (Å²) in [5.74, 6) is 3.26. The van der Waals surface area contributed by atoms with E-state index in [4.69, 9.17) is 23.5 Å². The van der Waals surface area contributed by atoms with Crippen molar-refractivity contribution in [3.63, 3.8) is 0 Å². The Labute approximate surface area is 186 Å². The highest BCUT2D eigenvalue weighted by atomic mass is 16.5. The van der Waals surface area contributed by atoms with Crippen LogP contribution in [0, 0.1) is 6.92 Å². The molecular weight excluding hydrogens is 408 g/mol. The second kappa shape index (κ2) is 9.43. The van der Waals surface area contributed by atoms with Gasteiger partial charge in [0.1, 0.15) is 18.1 Å². The molecule has 1 heterocycles. The maximum atomic E-state index is 5.95. The molecule has 1 aromatic heterocycles. The van der Waals surface area contributed by atoms with Crippen LogP contribution in [0.1, 0.15) is 11.1 Å². The first-order chi connectivity index (χ1) is 15.6. The van der Waals surface area contributed by atoms with Crippen molar-refractivity contribution in [2.24, 2.45) is 0 Å². The Bertz CT molecular complexity index is 1200. The van der Waals surface area contributed by atoms with Gasteiger partial charge in [-0.15, -0.1) is 0 Å². The van der Waals surface area contributed by atoms with Gasteiger partial charge in [-0.2, -0.15) is 4.98 Å². The number of benzene rings is 3. The van der Waals surface area contributed by atoms with Gasteiger partial charge in [-0.05, 0) is 42.8 Å². The molecule has 4 aromatic rings. The molecule has 164 valence electrons. The normalized spacial score (nSPS) is 10.6. The summed E-state index contributed by atoms with van der Waals surface area (Å²) >= 11 is 0. The Kier molecular flexibility index (Phi) is 6.26. The zero-order valence-electron chi connectivity index (χ0n) is 18.4. The van der Waals surface area contributed by atoms with Gasteiger partial charge >= 0.3 is 0 Å². The summed E-state index contributed by atoms with van der Waals surface area (Å²) in [6.07, 6.45) is 0. The molecule has 0 aliphatic rings. The van der Waals surface area contributed by atoms with Gasteiger partial charge in [-0.3, -0.25) is 0 Å². The highest BCUT2D eigenvalue weighted by molar-refractivity contribution is 5.67. The van der Waals surface area contributed by atoms with E-state index in [1.807, 2.05) is 42.5 Å². The Morgan fingerprint density at radius 2 is 1.56 bits per heavy atom. The average molecular weight is 432 g/mol. The zero-order chi connectivity index (χ0) is 22.5. The molecule has 0 aliphatic heterocycles. The fourth-order valence-electron chi connectivity index (χ4n) is 3.20. The van der Waals surface area contributed by atoms with Gasteiger partial charge in [-0.1, -0.05) is 35.0 Å². The lowest BCUT2D eigenvalue weighted by Crippen LogP contribution is -1.98. The SMILES string of the molecule is COc1ccc(-c2nc(-c3ccc(OCc4ccc(C)cc4)c(OC)c3)no2)c(OC)c1. The summed E-state index contributed by atoms with van der Waals surface area (Å²) in [6, 6.07) is 19.1. The van der Waals surface area contributed by atoms with E-state index in [1.54, 1.807) is 27.4 Å². The standard InChI is InChI=1S/C25H24N2O5/c1-16-5-7-17(8-6-16)15-31-21-12-9-18(13-23(21)30-4)24-26-25(32-27-24)20-11-10-19(28-2)14-22(20)29-3/h5-14H,15H2,1-4H3. The highest BCUT2D eigenvalue weighted by Gasteiger charge is 2.17. The van der Waals surface area contributed by atoms with E-state index in [9.17, 15) is 0 Å². The van der Waals surface area contributed by atoms with E-state index in [2.05, 4.69) is 29.2 Å². The van der Waals surface area contributed by atoms with E-state index < -0.39 is 0 Å². The largest absolute Gasteiger partial charge is 0.497 e. The Hall–Kier alpha value is -4.00. The number of ether oxygens (including phenoxy) is 4. The molecule has 0 saturated carbocycles. The molecule has 0 unspecified atom stereocenters. The lowest BCUT2D eigenvalue weighted by molar-refractivity contribution is 0.284. The van der Waals surface area contributed by atoms with Gasteiger partial charge in [0.15, 0.2) is 11.5 Å². The van der Waals surface area contributed by atoms with E-state index >= 15 is 0 Å². The van der Waals surface area contributed by atoms with Crippen molar-refractivity contribution in [3.8, 4) is 45.8 Å². The van der Waals surface area contributed by atoms with Crippen molar-refractivity contribution < 1.29 is 23.5 Å². The van der Waals surface area contributed by atoms with Crippen LogP contribution < -0.4 is 18.9 Å². The van der Waals surface area contributed by atoms with Crippen molar-refractivity contribution in [1.82, 2.24) is 10.1 Å². The molecule has 0 N–H and O–H groups in total. The van der Waals surface area contributed by atoms with Gasteiger partial charge in [0.2, 0.25) is 5.82 Å². The molecule has 32 heavy (non-hydrogen) atoms. The van der Waals surface area contributed by atoms with Gasteiger partial charge in [0.25, 0.3) is 5.89 Å². The van der Waals surface area contributed by atoms with E-state index in [0.717, 1.165) is 11.1 Å². The summed E-state index contributed by atoms with van der Waals surface area (Å²) in [7, 11) is 4.78. The maximum absolute atomic E-state index is 5.95. The topological polar surface area (TPSA) is 75.8 Å². The number of rotatable bonds is 8. The van der Waals surface area contributed by atoms with Crippen molar-refractivity contribution in [1.29, 1.82) is 0 Å². The molecule has 0 radical (unpaired) electrons. The maximum Gasteiger partial charge on any atom is 0.262 e. The second-order valence-electron chi connectivity index (χ2n) is 7.13. The summed E-state index contributed by atoms with van der Waals surface area (Å²) in [6.45, 7) is 2.50. The third-order valence-corrected chi connectivity index (χ3v) is 5.00. The minimum atomic E-state index is 0.346. The zero-order valence-corrected chi connectivity index (χ0v) is 18.4. The van der Waals surface area contributed by atoms with Crippen LogP contribution >= 0.6 is 0 Å². The monoisotopic (exact) mass is 432 g/mol. The lowest BCUT2D eigenvalue weighted by Gasteiger charge is -2.11. The molecule has 0 atom stereocenters. The van der Waals surface area contributed by atoms with Crippen molar-refractivity contribution in [3.05, 3.63) is 71.8 Å². The first-order valence-corrected chi connectivity index (χ1v) is 10.0. The van der Waals surface area contributed by atoms with Crippen LogP contribution in [-0.2, 0) is 6.61 Å². The van der Waals surface area contributed by atoms with Crippen LogP contribution in [0.4, 0.5) is 0 Å². The molecule has 0 spiro atoms. The molecular formula is C25H24N2O5. The summed E-state index contributed by atoms with van der Waals surface area (Å²) in [5.41, 5.74) is 3.71. The lowest BCUT2D eigenvalue weighted by atomic mass is 10.1. The van der Waals surface area contributed by atoms with Crippen LogP contribution in [-0.4, -0.2) is 31.5 Å². The second-order valence-corrected chi connectivity index (χ2v) is 7.13. The van der Waals surface area contributed by atoms with Crippen LogP contribution in [0.2, 0.25) is 0 Å². The van der Waals surface area contributed by atoms with Gasteiger partial charge in [-0.25, -0.2) is 0 Å². The smallest absolute Gasteiger partial charge is 0.262 e. The Morgan fingerprint density at radius 3 is 2.28 bits per heavy atom. The van der Waals surface area contributed by atoms with E-state index in [0.29, 0.717) is 46.9 Å². The number of methoxy groups -OCH3 is 3. The minimum absolute atomic E-state index is 0.346. The first-order valence-electron chi connectivity index (χ1n) is 10.0. The predicted molar refractivity (Wildman–Crippen MR) is 120 cm³/mol. The van der Waals surface area contributed by atoms with Crippen LogP contribution in [0.15, 0.2) is 65.2 Å². The van der Waals surface area contributed by atoms with E-state index in [-0.39, 0.29) is 0 Å². The predicted octanol–water partition coefficient (Wildman–Crippen LogP) is 5.32. The quantitative estimate of drug-likeness (QED) is 0.373. The molecule has 0 amide bonds. The molecule has 0 saturated heterocycles. The van der Waals surface area contributed by atoms with Crippen molar-refractivity contribution in [2.75, 3.05) is 21.3 Å². The van der Waals surface area contributed by atoms with Crippen LogP contribution in [0.3, 0.4) is 0 Å². The number of aryl methyl sites for hydroxylation is 1. The summed E-state index contributed by atoms with van der Waals surface area (Å²) < 4.78 is 27.6. The molecule has 7 nitrogen and oxygen atoms in total. The number of hydrogen-bond acceptors (Lipinski definition) is 7. The molecule has 0 fully saturated rings. The third kappa shape index (κ3) is 4.51.